The summed E-state index contributed by atoms with van der Waals surface area (Å²) in [6, 6.07) is 6.48. The van der Waals surface area contributed by atoms with Crippen molar-refractivity contribution in [1.82, 2.24) is 10.2 Å². The summed E-state index contributed by atoms with van der Waals surface area (Å²) in [5, 5.41) is 2.63. The van der Waals surface area contributed by atoms with Crippen molar-refractivity contribution in [2.75, 3.05) is 13.6 Å². The summed E-state index contributed by atoms with van der Waals surface area (Å²) in [5.41, 5.74) is 6.82. The molecular weight excluding hydrogens is 286 g/mol. The maximum atomic E-state index is 12.6. The lowest BCUT2D eigenvalue weighted by atomic mass is 9.99. The standard InChI is InChI=1S/C15H19N3O2S/c1-17-14(19)12-4-2-3-9-18(12)15(20)11-7-5-10(6-8-11)13(16)21/h5-8,12H,2-4,9H2,1H3,(H2,16,21)(H,17,19). The summed E-state index contributed by atoms with van der Waals surface area (Å²) in [4.78, 5) is 26.5. The summed E-state index contributed by atoms with van der Waals surface area (Å²) >= 11 is 4.89. The number of amides is 2. The Morgan fingerprint density at radius 3 is 2.43 bits per heavy atom. The number of carbonyl (C=O) groups is 2. The van der Waals surface area contributed by atoms with Crippen molar-refractivity contribution in [3.05, 3.63) is 35.4 Å². The minimum absolute atomic E-state index is 0.109. The third-order valence-corrected chi connectivity index (χ3v) is 3.96. The van der Waals surface area contributed by atoms with E-state index in [1.54, 1.807) is 36.2 Å². The summed E-state index contributed by atoms with van der Waals surface area (Å²) in [6.07, 6.45) is 2.59. The van der Waals surface area contributed by atoms with Crippen molar-refractivity contribution in [2.45, 2.75) is 25.3 Å². The number of benzene rings is 1. The predicted molar refractivity (Wildman–Crippen MR) is 85.1 cm³/mol. The minimum Gasteiger partial charge on any atom is -0.389 e. The number of likely N-dealkylation sites (tertiary alicyclic amines) is 1. The van der Waals surface area contributed by atoms with Gasteiger partial charge in [-0.1, -0.05) is 24.4 Å². The van der Waals surface area contributed by atoms with Gasteiger partial charge in [-0.2, -0.15) is 0 Å². The Morgan fingerprint density at radius 2 is 1.86 bits per heavy atom. The van der Waals surface area contributed by atoms with Crippen molar-refractivity contribution in [3.8, 4) is 0 Å². The normalized spacial score (nSPS) is 18.1. The van der Waals surface area contributed by atoms with E-state index in [1.165, 1.54) is 0 Å². The van der Waals surface area contributed by atoms with Gasteiger partial charge in [0.2, 0.25) is 5.91 Å². The summed E-state index contributed by atoms with van der Waals surface area (Å²) < 4.78 is 0. The average Bonchev–Trinajstić information content (AvgIpc) is 2.53. The first-order valence-corrected chi connectivity index (χ1v) is 7.38. The number of rotatable bonds is 3. The number of piperidine rings is 1. The van der Waals surface area contributed by atoms with Crippen molar-refractivity contribution in [2.24, 2.45) is 5.73 Å². The molecule has 0 aromatic heterocycles. The Morgan fingerprint density at radius 1 is 1.24 bits per heavy atom. The average molecular weight is 305 g/mol. The van der Waals surface area contributed by atoms with Crippen LogP contribution in [-0.4, -0.2) is 41.3 Å². The van der Waals surface area contributed by atoms with Crippen LogP contribution in [0.25, 0.3) is 0 Å². The highest BCUT2D eigenvalue weighted by Gasteiger charge is 2.31. The number of hydrogen-bond acceptors (Lipinski definition) is 3. The van der Waals surface area contributed by atoms with Gasteiger partial charge in [-0.05, 0) is 31.4 Å². The van der Waals surface area contributed by atoms with Crippen LogP contribution in [0.15, 0.2) is 24.3 Å². The maximum Gasteiger partial charge on any atom is 0.254 e. The first kappa shape index (κ1) is 15.4. The fourth-order valence-electron chi connectivity index (χ4n) is 2.56. The molecule has 1 aromatic carbocycles. The second kappa shape index (κ2) is 6.67. The van der Waals surface area contributed by atoms with Gasteiger partial charge in [0, 0.05) is 24.7 Å². The van der Waals surface area contributed by atoms with Gasteiger partial charge in [-0.3, -0.25) is 9.59 Å². The molecule has 0 radical (unpaired) electrons. The van der Waals surface area contributed by atoms with Crippen LogP contribution in [0.2, 0.25) is 0 Å². The lowest BCUT2D eigenvalue weighted by Crippen LogP contribution is -2.51. The quantitative estimate of drug-likeness (QED) is 0.819. The highest BCUT2D eigenvalue weighted by Crippen LogP contribution is 2.20. The monoisotopic (exact) mass is 305 g/mol. The van der Waals surface area contributed by atoms with E-state index in [4.69, 9.17) is 18.0 Å². The number of likely N-dealkylation sites (N-methyl/N-ethyl adjacent to an activating group) is 1. The predicted octanol–water partition coefficient (Wildman–Crippen LogP) is 1.06. The van der Waals surface area contributed by atoms with Gasteiger partial charge >= 0.3 is 0 Å². The van der Waals surface area contributed by atoms with Gasteiger partial charge in [0.05, 0.1) is 0 Å². The number of carbonyl (C=O) groups excluding carboxylic acids is 2. The van der Waals surface area contributed by atoms with Gasteiger partial charge in [-0.15, -0.1) is 0 Å². The van der Waals surface area contributed by atoms with Crippen LogP contribution in [0.1, 0.15) is 35.2 Å². The number of thiocarbonyl (C=S) groups is 1. The summed E-state index contributed by atoms with van der Waals surface area (Å²) in [6.45, 7) is 0.605. The Bertz CT molecular complexity index is 557. The zero-order chi connectivity index (χ0) is 15.4. The molecule has 1 aliphatic rings. The number of nitrogens with two attached hydrogens (primary N) is 1. The molecule has 1 unspecified atom stereocenters. The molecule has 1 aromatic rings. The molecular formula is C15H19N3O2S. The molecule has 6 heteroatoms. The van der Waals surface area contributed by atoms with E-state index in [-0.39, 0.29) is 17.9 Å². The summed E-state index contributed by atoms with van der Waals surface area (Å²) in [5.74, 6) is -0.236. The zero-order valence-electron chi connectivity index (χ0n) is 12.0. The Hall–Kier alpha value is -1.95. The van der Waals surface area contributed by atoms with E-state index in [9.17, 15) is 9.59 Å². The van der Waals surface area contributed by atoms with Crippen molar-refractivity contribution in [3.63, 3.8) is 0 Å². The SMILES string of the molecule is CNC(=O)C1CCCCN1C(=O)c1ccc(C(N)=S)cc1. The van der Waals surface area contributed by atoms with E-state index in [1.807, 2.05) is 0 Å². The van der Waals surface area contributed by atoms with Crippen LogP contribution in [-0.2, 0) is 4.79 Å². The molecule has 1 heterocycles. The molecule has 2 rings (SSSR count). The second-order valence-corrected chi connectivity index (χ2v) is 5.51. The van der Waals surface area contributed by atoms with Crippen LogP contribution >= 0.6 is 12.2 Å². The van der Waals surface area contributed by atoms with Crippen molar-refractivity contribution < 1.29 is 9.59 Å². The van der Waals surface area contributed by atoms with Gasteiger partial charge in [0.25, 0.3) is 5.91 Å². The van der Waals surface area contributed by atoms with Gasteiger partial charge in [-0.25, -0.2) is 0 Å². The molecule has 1 saturated heterocycles. The number of nitrogens with one attached hydrogen (secondary N) is 1. The zero-order valence-corrected chi connectivity index (χ0v) is 12.8. The highest BCUT2D eigenvalue weighted by atomic mass is 32.1. The van der Waals surface area contributed by atoms with E-state index in [0.717, 1.165) is 18.4 Å². The van der Waals surface area contributed by atoms with Crippen molar-refractivity contribution >= 4 is 29.0 Å². The smallest absolute Gasteiger partial charge is 0.254 e. The van der Waals surface area contributed by atoms with E-state index in [2.05, 4.69) is 5.32 Å². The van der Waals surface area contributed by atoms with Crippen LogP contribution < -0.4 is 11.1 Å². The third kappa shape index (κ3) is 3.39. The molecule has 1 fully saturated rings. The second-order valence-electron chi connectivity index (χ2n) is 5.07. The molecule has 21 heavy (non-hydrogen) atoms. The molecule has 3 N–H and O–H groups in total. The third-order valence-electron chi connectivity index (χ3n) is 3.73. The molecule has 5 nitrogen and oxygen atoms in total. The number of nitrogens with zero attached hydrogens (tertiary/aromatic N) is 1. The first-order chi connectivity index (χ1) is 10.0. The van der Waals surface area contributed by atoms with E-state index in [0.29, 0.717) is 23.5 Å². The molecule has 112 valence electrons. The Labute approximate surface area is 129 Å². The van der Waals surface area contributed by atoms with Crippen LogP contribution in [0, 0.1) is 0 Å². The van der Waals surface area contributed by atoms with Crippen molar-refractivity contribution in [1.29, 1.82) is 0 Å². The molecule has 0 saturated carbocycles. The van der Waals surface area contributed by atoms with E-state index >= 15 is 0 Å². The summed E-state index contributed by atoms with van der Waals surface area (Å²) in [7, 11) is 1.59. The largest absolute Gasteiger partial charge is 0.389 e. The Balaban J connectivity index is 2.20. The molecule has 0 spiro atoms. The minimum atomic E-state index is -0.383. The molecule has 2 amide bonds. The molecule has 1 aliphatic heterocycles. The van der Waals surface area contributed by atoms with Gasteiger partial charge < -0.3 is 16.0 Å². The highest BCUT2D eigenvalue weighted by molar-refractivity contribution is 7.80. The van der Waals surface area contributed by atoms with Gasteiger partial charge in [0.15, 0.2) is 0 Å². The maximum absolute atomic E-state index is 12.6. The topological polar surface area (TPSA) is 75.4 Å². The van der Waals surface area contributed by atoms with Gasteiger partial charge in [0.1, 0.15) is 11.0 Å². The molecule has 0 aliphatic carbocycles. The fourth-order valence-corrected chi connectivity index (χ4v) is 2.69. The Kier molecular flexibility index (Phi) is 4.90. The first-order valence-electron chi connectivity index (χ1n) is 6.97. The molecule has 0 bridgehead atoms. The lowest BCUT2D eigenvalue weighted by molar-refractivity contribution is -0.126. The number of hydrogen-bond donors (Lipinski definition) is 2. The lowest BCUT2D eigenvalue weighted by Gasteiger charge is -2.34. The van der Waals surface area contributed by atoms with Crippen LogP contribution in [0.5, 0.6) is 0 Å². The fraction of sp³-hybridized carbons (Fsp3) is 0.400. The van der Waals surface area contributed by atoms with E-state index < -0.39 is 0 Å². The van der Waals surface area contributed by atoms with Crippen LogP contribution in [0.3, 0.4) is 0 Å². The molecule has 1 atom stereocenters. The van der Waals surface area contributed by atoms with Crippen LogP contribution in [0.4, 0.5) is 0 Å².